The van der Waals surface area contributed by atoms with E-state index >= 15 is 0 Å². The molecule has 0 aliphatic rings. The fraction of sp³-hybridized carbons (Fsp3) is 0. The van der Waals surface area contributed by atoms with Crippen molar-refractivity contribution in [3.8, 4) is 0 Å². The summed E-state index contributed by atoms with van der Waals surface area (Å²) in [6.45, 7) is 0. The summed E-state index contributed by atoms with van der Waals surface area (Å²) in [6.07, 6.45) is 0. The number of thiocarbonyl (C=S) groups is 1. The van der Waals surface area contributed by atoms with Crippen LogP contribution in [0.25, 0.3) is 0 Å². The Bertz CT molecular complexity index is 774. The molecule has 0 amide bonds. The van der Waals surface area contributed by atoms with Crippen molar-refractivity contribution < 1.29 is 12.8 Å². The summed E-state index contributed by atoms with van der Waals surface area (Å²) in [4.78, 5) is 0.0410. The van der Waals surface area contributed by atoms with Crippen molar-refractivity contribution in [3.05, 3.63) is 45.5 Å². The van der Waals surface area contributed by atoms with E-state index in [2.05, 4.69) is 20.7 Å². The molecule has 106 valence electrons. The second-order valence-corrected chi connectivity index (χ2v) is 7.81. The second kappa shape index (κ2) is 5.76. The Kier molecular flexibility index (Phi) is 4.43. The molecule has 0 radical (unpaired) electrons. The van der Waals surface area contributed by atoms with Gasteiger partial charge in [-0.25, -0.2) is 12.8 Å². The van der Waals surface area contributed by atoms with E-state index in [1.54, 1.807) is 11.4 Å². The van der Waals surface area contributed by atoms with Gasteiger partial charge in [-0.3, -0.25) is 4.72 Å². The predicted octanol–water partition coefficient (Wildman–Crippen LogP) is 3.08. The zero-order chi connectivity index (χ0) is 14.9. The summed E-state index contributed by atoms with van der Waals surface area (Å²) in [5, 5.41) is 1.62. The highest BCUT2D eigenvalue weighted by Crippen LogP contribution is 2.30. The van der Waals surface area contributed by atoms with Gasteiger partial charge in [-0.15, -0.1) is 11.3 Å². The Hall–Kier alpha value is -1.03. The van der Waals surface area contributed by atoms with Gasteiger partial charge in [0.05, 0.1) is 5.69 Å². The molecular weight excluding hydrogens is 387 g/mol. The highest BCUT2D eigenvalue weighted by Gasteiger charge is 2.20. The molecule has 1 aromatic carbocycles. The largest absolute Gasteiger partial charge is 0.389 e. The normalized spacial score (nSPS) is 11.3. The van der Waals surface area contributed by atoms with E-state index in [4.69, 9.17) is 18.0 Å². The van der Waals surface area contributed by atoms with Gasteiger partial charge in [-0.05, 0) is 45.6 Å². The number of sulfonamides is 1. The Morgan fingerprint density at radius 3 is 2.60 bits per heavy atom. The minimum atomic E-state index is -3.84. The quantitative estimate of drug-likeness (QED) is 0.781. The number of nitrogens with two attached hydrogens (primary N) is 1. The molecule has 0 saturated heterocycles. The van der Waals surface area contributed by atoms with E-state index in [9.17, 15) is 12.8 Å². The monoisotopic (exact) mass is 394 g/mol. The third-order valence-electron chi connectivity index (χ3n) is 2.33. The third-order valence-corrected chi connectivity index (χ3v) is 6.60. The zero-order valence-corrected chi connectivity index (χ0v) is 13.8. The molecule has 4 nitrogen and oxygen atoms in total. The number of thiophene rings is 1. The van der Waals surface area contributed by atoms with Gasteiger partial charge in [0.25, 0.3) is 10.0 Å². The smallest absolute Gasteiger partial charge is 0.272 e. The lowest BCUT2D eigenvalue weighted by molar-refractivity contribution is 0.600. The Labute approximate surface area is 133 Å². The van der Waals surface area contributed by atoms with Gasteiger partial charge in [0.15, 0.2) is 4.21 Å². The first kappa shape index (κ1) is 15.4. The Morgan fingerprint density at radius 1 is 1.40 bits per heavy atom. The minimum Gasteiger partial charge on any atom is -0.389 e. The Balaban J connectivity index is 2.36. The van der Waals surface area contributed by atoms with Crippen LogP contribution in [0, 0.1) is 5.82 Å². The molecule has 9 heteroatoms. The fourth-order valence-corrected chi connectivity index (χ4v) is 4.95. The maximum absolute atomic E-state index is 13.8. The lowest BCUT2D eigenvalue weighted by Gasteiger charge is -2.09. The molecule has 0 saturated carbocycles. The van der Waals surface area contributed by atoms with E-state index in [-0.39, 0.29) is 14.9 Å². The van der Waals surface area contributed by atoms with Crippen molar-refractivity contribution >= 4 is 60.2 Å². The molecule has 0 aliphatic carbocycles. The van der Waals surface area contributed by atoms with E-state index in [0.717, 1.165) is 17.4 Å². The summed E-state index contributed by atoms with van der Waals surface area (Å²) >= 11 is 8.88. The highest BCUT2D eigenvalue weighted by atomic mass is 79.9. The average Bonchev–Trinajstić information content (AvgIpc) is 2.78. The second-order valence-electron chi connectivity index (χ2n) is 3.72. The van der Waals surface area contributed by atoms with Crippen molar-refractivity contribution in [1.29, 1.82) is 0 Å². The maximum Gasteiger partial charge on any atom is 0.272 e. The van der Waals surface area contributed by atoms with Crippen molar-refractivity contribution in [2.75, 3.05) is 4.72 Å². The summed E-state index contributed by atoms with van der Waals surface area (Å²) in [5.41, 5.74) is 5.55. The molecule has 0 atom stereocenters. The SMILES string of the molecule is NC(=S)c1ccc(NS(=O)(=O)c2sccc2Br)c(F)c1. The van der Waals surface area contributed by atoms with Crippen LogP contribution in [0.15, 0.2) is 38.3 Å². The first-order valence-electron chi connectivity index (χ1n) is 5.16. The van der Waals surface area contributed by atoms with Crippen molar-refractivity contribution in [2.24, 2.45) is 5.73 Å². The maximum atomic E-state index is 13.8. The molecule has 0 fully saturated rings. The first-order valence-corrected chi connectivity index (χ1v) is 8.73. The van der Waals surface area contributed by atoms with E-state index in [1.807, 2.05) is 0 Å². The van der Waals surface area contributed by atoms with E-state index < -0.39 is 15.8 Å². The fourth-order valence-electron chi connectivity index (χ4n) is 1.41. The number of anilines is 1. The first-order chi connectivity index (χ1) is 9.31. The lowest BCUT2D eigenvalue weighted by atomic mass is 10.2. The molecule has 20 heavy (non-hydrogen) atoms. The van der Waals surface area contributed by atoms with Crippen molar-refractivity contribution in [2.45, 2.75) is 4.21 Å². The summed E-state index contributed by atoms with van der Waals surface area (Å²) in [7, 11) is -3.84. The summed E-state index contributed by atoms with van der Waals surface area (Å²) in [5.74, 6) is -0.744. The number of rotatable bonds is 4. The highest BCUT2D eigenvalue weighted by molar-refractivity contribution is 9.10. The molecule has 0 spiro atoms. The van der Waals surface area contributed by atoms with Crippen LogP contribution in [-0.4, -0.2) is 13.4 Å². The van der Waals surface area contributed by atoms with Crippen LogP contribution in [0.2, 0.25) is 0 Å². The summed E-state index contributed by atoms with van der Waals surface area (Å²) in [6, 6.07) is 5.42. The zero-order valence-electron chi connectivity index (χ0n) is 9.76. The van der Waals surface area contributed by atoms with Gasteiger partial charge in [0.2, 0.25) is 0 Å². The number of halogens is 2. The lowest BCUT2D eigenvalue weighted by Crippen LogP contribution is -2.14. The van der Waals surface area contributed by atoms with Crippen LogP contribution in [0.5, 0.6) is 0 Å². The van der Waals surface area contributed by atoms with Crippen LogP contribution < -0.4 is 10.5 Å². The average molecular weight is 395 g/mol. The number of benzene rings is 1. The van der Waals surface area contributed by atoms with E-state index in [1.165, 1.54) is 12.1 Å². The Morgan fingerprint density at radius 2 is 2.10 bits per heavy atom. The van der Waals surface area contributed by atoms with Crippen molar-refractivity contribution in [3.63, 3.8) is 0 Å². The number of nitrogens with one attached hydrogen (secondary N) is 1. The van der Waals surface area contributed by atoms with Crippen molar-refractivity contribution in [1.82, 2.24) is 0 Å². The molecule has 2 rings (SSSR count). The van der Waals surface area contributed by atoms with Gasteiger partial charge < -0.3 is 5.73 Å². The molecule has 1 aromatic heterocycles. The van der Waals surface area contributed by atoms with Gasteiger partial charge in [0, 0.05) is 10.0 Å². The number of hydrogen-bond acceptors (Lipinski definition) is 4. The molecule has 3 N–H and O–H groups in total. The van der Waals surface area contributed by atoms with Crippen LogP contribution in [0.1, 0.15) is 5.56 Å². The standard InChI is InChI=1S/C11H8BrFN2O2S3/c12-7-3-4-19-11(7)20(16,17)15-9-2-1-6(10(14)18)5-8(9)13/h1-5,15H,(H2,14,18). The van der Waals surface area contributed by atoms with Crippen LogP contribution in [0.3, 0.4) is 0 Å². The minimum absolute atomic E-state index is 0.0410. The predicted molar refractivity (Wildman–Crippen MR) is 85.1 cm³/mol. The van der Waals surface area contributed by atoms with Gasteiger partial charge in [0.1, 0.15) is 10.8 Å². The third kappa shape index (κ3) is 3.17. The molecule has 1 heterocycles. The van der Waals surface area contributed by atoms with Crippen LogP contribution >= 0.6 is 39.5 Å². The summed E-state index contributed by atoms with van der Waals surface area (Å²) < 4.78 is 40.7. The molecule has 0 aliphatic heterocycles. The topological polar surface area (TPSA) is 72.2 Å². The molecule has 0 bridgehead atoms. The van der Waals surface area contributed by atoms with Crippen LogP contribution in [-0.2, 0) is 10.0 Å². The molecule has 0 unspecified atom stereocenters. The van der Waals surface area contributed by atoms with Gasteiger partial charge >= 0.3 is 0 Å². The van der Waals surface area contributed by atoms with Gasteiger partial charge in [-0.1, -0.05) is 12.2 Å². The van der Waals surface area contributed by atoms with E-state index in [0.29, 0.717) is 10.0 Å². The van der Waals surface area contributed by atoms with Gasteiger partial charge in [-0.2, -0.15) is 0 Å². The van der Waals surface area contributed by atoms with Crippen LogP contribution in [0.4, 0.5) is 10.1 Å². The number of hydrogen-bond donors (Lipinski definition) is 2. The molecule has 2 aromatic rings. The molecular formula is C11H8BrFN2O2S3.